The fourth-order valence-electron chi connectivity index (χ4n) is 2.34. The highest BCUT2D eigenvalue weighted by molar-refractivity contribution is 5.66. The highest BCUT2D eigenvalue weighted by Gasteiger charge is 2.85. The number of hydrogen-bond donors (Lipinski definition) is 1. The first kappa shape index (κ1) is 16.6. The Morgan fingerprint density at radius 2 is 1.36 bits per heavy atom. The fourth-order valence-corrected chi connectivity index (χ4v) is 2.34. The van der Waals surface area contributed by atoms with Gasteiger partial charge >= 0.3 is 23.7 Å². The zero-order chi connectivity index (χ0) is 17.3. The van der Waals surface area contributed by atoms with Crippen LogP contribution in [0.4, 0.5) is 40.8 Å². The van der Waals surface area contributed by atoms with Crippen LogP contribution < -0.4 is 10.5 Å². The van der Waals surface area contributed by atoms with Gasteiger partial charge in [0.2, 0.25) is 0 Å². The number of alkyl halides is 8. The molecule has 1 aliphatic rings. The summed E-state index contributed by atoms with van der Waals surface area (Å²) in [5.41, 5.74) is 0.0239. The smallest absolute Gasteiger partial charge is 0.382 e. The van der Waals surface area contributed by atoms with Gasteiger partial charge in [0, 0.05) is 11.1 Å². The Hall–Kier alpha value is -1.74. The van der Waals surface area contributed by atoms with Crippen molar-refractivity contribution in [2.45, 2.75) is 30.6 Å². The molecule has 0 radical (unpaired) electrons. The lowest BCUT2D eigenvalue weighted by molar-refractivity contribution is -0.386. The molecule has 2 nitrogen and oxygen atoms in total. The molecule has 0 bridgehead atoms. The van der Waals surface area contributed by atoms with E-state index < -0.39 is 51.8 Å². The lowest BCUT2D eigenvalue weighted by atomic mass is 9.77. The van der Waals surface area contributed by atoms with Crippen LogP contribution in [0, 0.1) is 6.92 Å². The highest BCUT2D eigenvalue weighted by atomic mass is 19.4. The molecule has 1 aromatic carbocycles. The van der Waals surface area contributed by atoms with Gasteiger partial charge in [0.1, 0.15) is 5.75 Å². The molecule has 10 heteroatoms. The van der Waals surface area contributed by atoms with E-state index in [4.69, 9.17) is 5.73 Å². The Kier molecular flexibility index (Phi) is 3.15. The molecule has 0 heterocycles. The molecule has 0 atom stereocenters. The molecule has 0 saturated heterocycles. The fraction of sp³-hybridized carbons (Fsp3) is 0.500. The summed E-state index contributed by atoms with van der Waals surface area (Å²) >= 11 is 0. The normalized spacial score (nSPS) is 23.7. The van der Waals surface area contributed by atoms with Gasteiger partial charge in [-0.05, 0) is 18.6 Å². The first-order valence-electron chi connectivity index (χ1n) is 5.74. The van der Waals surface area contributed by atoms with Gasteiger partial charge in [-0.3, -0.25) is 0 Å². The zero-order valence-corrected chi connectivity index (χ0v) is 11.1. The van der Waals surface area contributed by atoms with Crippen molar-refractivity contribution >= 4 is 5.69 Å². The maximum Gasteiger partial charge on any atom is 0.382 e. The van der Waals surface area contributed by atoms with Crippen molar-refractivity contribution < 1.29 is 39.9 Å². The summed E-state index contributed by atoms with van der Waals surface area (Å²) in [6, 6.07) is 0.134. The van der Waals surface area contributed by atoms with Crippen LogP contribution in [0.3, 0.4) is 0 Å². The number of fused-ring (bicyclic) bond motifs is 1. The van der Waals surface area contributed by atoms with E-state index in [2.05, 4.69) is 4.74 Å². The van der Waals surface area contributed by atoms with Gasteiger partial charge < -0.3 is 10.5 Å². The largest absolute Gasteiger partial charge is 0.495 e. The molecule has 0 aromatic heterocycles. The third kappa shape index (κ3) is 1.55. The molecule has 0 amide bonds. The van der Waals surface area contributed by atoms with Crippen LogP contribution in [-0.4, -0.2) is 19.0 Å². The van der Waals surface area contributed by atoms with Crippen molar-refractivity contribution in [1.29, 1.82) is 0 Å². The van der Waals surface area contributed by atoms with Crippen LogP contribution in [0.5, 0.6) is 5.75 Å². The van der Waals surface area contributed by atoms with E-state index in [1.807, 2.05) is 0 Å². The van der Waals surface area contributed by atoms with E-state index in [1.165, 1.54) is 0 Å². The second-order valence-corrected chi connectivity index (χ2v) is 4.84. The van der Waals surface area contributed by atoms with Crippen molar-refractivity contribution in [2.75, 3.05) is 12.8 Å². The maximum absolute atomic E-state index is 13.8. The summed E-state index contributed by atoms with van der Waals surface area (Å²) in [5, 5.41) is 0. The Morgan fingerprint density at radius 3 is 1.82 bits per heavy atom. The third-order valence-electron chi connectivity index (χ3n) is 3.64. The van der Waals surface area contributed by atoms with Crippen LogP contribution in [0.15, 0.2) is 6.07 Å². The van der Waals surface area contributed by atoms with Gasteiger partial charge in [0.05, 0.1) is 12.8 Å². The minimum atomic E-state index is -6.29. The first-order valence-corrected chi connectivity index (χ1v) is 5.74. The van der Waals surface area contributed by atoms with Crippen LogP contribution in [0.1, 0.15) is 16.7 Å². The van der Waals surface area contributed by atoms with Gasteiger partial charge in [-0.25, -0.2) is 0 Å². The Balaban J connectivity index is 3.00. The minimum absolute atomic E-state index is 0.134. The number of nitrogen functional groups attached to an aromatic ring is 1. The van der Waals surface area contributed by atoms with Gasteiger partial charge in [0.15, 0.2) is 0 Å². The van der Waals surface area contributed by atoms with Crippen LogP contribution in [0.2, 0.25) is 0 Å². The zero-order valence-electron chi connectivity index (χ0n) is 11.1. The van der Waals surface area contributed by atoms with E-state index in [1.54, 1.807) is 0 Å². The summed E-state index contributed by atoms with van der Waals surface area (Å²) in [6.45, 7) is 0.750. The number of methoxy groups -OCH3 is 1. The molecule has 2 rings (SSSR count). The van der Waals surface area contributed by atoms with Gasteiger partial charge in [0.25, 0.3) is 0 Å². The van der Waals surface area contributed by atoms with Crippen molar-refractivity contribution in [3.05, 3.63) is 22.8 Å². The van der Waals surface area contributed by atoms with E-state index >= 15 is 0 Å². The van der Waals surface area contributed by atoms with Crippen molar-refractivity contribution in [1.82, 2.24) is 0 Å². The number of nitrogens with two attached hydrogens (primary N) is 1. The second kappa shape index (κ2) is 4.17. The molecular weight excluding hydrogens is 326 g/mol. The molecule has 2 N–H and O–H groups in total. The predicted octanol–water partition coefficient (Wildman–Crippen LogP) is 4.05. The van der Waals surface area contributed by atoms with E-state index in [0.717, 1.165) is 14.0 Å². The number of benzene rings is 1. The summed E-state index contributed by atoms with van der Waals surface area (Å²) in [6.07, 6.45) is 0. The van der Waals surface area contributed by atoms with Crippen molar-refractivity contribution in [2.24, 2.45) is 0 Å². The molecule has 0 fully saturated rings. The Morgan fingerprint density at radius 1 is 0.909 bits per heavy atom. The van der Waals surface area contributed by atoms with Crippen LogP contribution in [0.25, 0.3) is 0 Å². The average molecular weight is 335 g/mol. The molecule has 0 spiro atoms. The number of ether oxygens (including phenoxy) is 1. The molecule has 0 saturated carbocycles. The molecule has 1 aliphatic carbocycles. The minimum Gasteiger partial charge on any atom is -0.495 e. The molecule has 22 heavy (non-hydrogen) atoms. The summed E-state index contributed by atoms with van der Waals surface area (Å²) < 4.78 is 113. The molecule has 124 valence electrons. The molecule has 0 unspecified atom stereocenters. The molecule has 0 aliphatic heterocycles. The quantitative estimate of drug-likeness (QED) is 0.621. The number of anilines is 1. The monoisotopic (exact) mass is 335 g/mol. The second-order valence-electron chi connectivity index (χ2n) is 4.84. The maximum atomic E-state index is 13.8. The summed E-state index contributed by atoms with van der Waals surface area (Å²) in [5.74, 6) is -24.2. The van der Waals surface area contributed by atoms with Gasteiger partial charge in [-0.1, -0.05) is 0 Å². The number of halogens is 8. The Bertz CT molecular complexity index is 641. The van der Waals surface area contributed by atoms with Crippen molar-refractivity contribution in [3.8, 4) is 5.75 Å². The third-order valence-corrected chi connectivity index (χ3v) is 3.64. The first-order chi connectivity index (χ1) is 9.75. The van der Waals surface area contributed by atoms with Crippen LogP contribution in [-0.2, 0) is 11.8 Å². The lowest BCUT2D eigenvalue weighted by Gasteiger charge is -2.43. The Labute approximate surface area is 118 Å². The number of rotatable bonds is 1. The number of hydrogen-bond acceptors (Lipinski definition) is 2. The summed E-state index contributed by atoms with van der Waals surface area (Å²) in [7, 11) is 0.934. The average Bonchev–Trinajstić information content (AvgIpc) is 2.39. The van der Waals surface area contributed by atoms with E-state index in [-0.39, 0.29) is 6.07 Å². The van der Waals surface area contributed by atoms with Gasteiger partial charge in [-0.15, -0.1) is 0 Å². The SMILES string of the molecule is COc1cc2c(c(C)c1N)C(F)(F)C(F)(F)C(F)(F)C2(F)F. The van der Waals surface area contributed by atoms with Crippen LogP contribution >= 0.6 is 0 Å². The lowest BCUT2D eigenvalue weighted by Crippen LogP contribution is -2.64. The van der Waals surface area contributed by atoms with Crippen molar-refractivity contribution in [3.63, 3.8) is 0 Å². The highest BCUT2D eigenvalue weighted by Crippen LogP contribution is 2.65. The predicted molar refractivity (Wildman–Crippen MR) is 59.8 cm³/mol. The van der Waals surface area contributed by atoms with E-state index in [9.17, 15) is 35.1 Å². The van der Waals surface area contributed by atoms with E-state index in [0.29, 0.717) is 0 Å². The summed E-state index contributed by atoms with van der Waals surface area (Å²) in [4.78, 5) is 0. The topological polar surface area (TPSA) is 35.2 Å². The molecular formula is C12H9F8NO. The standard InChI is InChI=1S/C12H9F8NO/c1-4-7-5(3-6(22-2)8(4)21)9(13,14)11(17,18)12(19,20)10(7,15)16/h3H,21H2,1-2H3. The van der Waals surface area contributed by atoms with Gasteiger partial charge in [-0.2, -0.15) is 35.1 Å². The molecule has 1 aromatic rings.